The number of fused-ring (bicyclic) bond motifs is 1. The molecular formula is C19H21ClN2O5S2. The van der Waals surface area contributed by atoms with Crippen LogP contribution in [0.2, 0.25) is 5.02 Å². The number of hydrogen-bond donors (Lipinski definition) is 1. The van der Waals surface area contributed by atoms with Crippen LogP contribution in [-0.2, 0) is 37.6 Å². The summed E-state index contributed by atoms with van der Waals surface area (Å²) in [4.78, 5) is 0.0286. The number of morpholine rings is 1. The van der Waals surface area contributed by atoms with Crippen LogP contribution in [0.3, 0.4) is 0 Å². The van der Waals surface area contributed by atoms with E-state index < -0.39 is 20.0 Å². The van der Waals surface area contributed by atoms with Gasteiger partial charge in [0.05, 0.1) is 28.8 Å². The van der Waals surface area contributed by atoms with E-state index in [9.17, 15) is 16.8 Å². The average molecular weight is 457 g/mol. The zero-order chi connectivity index (χ0) is 20.6. The Bertz CT molecular complexity index is 1140. The molecule has 0 bridgehead atoms. The summed E-state index contributed by atoms with van der Waals surface area (Å²) in [5.74, 6) is 0. The summed E-state index contributed by atoms with van der Waals surface area (Å²) in [5.41, 5.74) is 2.36. The monoisotopic (exact) mass is 456 g/mol. The third kappa shape index (κ3) is 4.15. The number of ether oxygens (including phenoxy) is 1. The van der Waals surface area contributed by atoms with Crippen molar-refractivity contribution >= 4 is 37.3 Å². The van der Waals surface area contributed by atoms with Crippen LogP contribution >= 0.6 is 11.6 Å². The van der Waals surface area contributed by atoms with Gasteiger partial charge in [-0.25, -0.2) is 16.8 Å². The number of aryl methyl sites for hydroxylation is 2. The predicted molar refractivity (Wildman–Crippen MR) is 110 cm³/mol. The van der Waals surface area contributed by atoms with Gasteiger partial charge in [-0.3, -0.25) is 4.72 Å². The van der Waals surface area contributed by atoms with Crippen LogP contribution in [0.5, 0.6) is 0 Å². The molecule has 1 N–H and O–H groups in total. The SMILES string of the molecule is O=S(=O)(Nc1ccc(Cl)c(S(=O)(=O)N2CCOCC2)c1)c1ccc2c(c1)CCC2. The highest BCUT2D eigenvalue weighted by molar-refractivity contribution is 7.92. The first kappa shape index (κ1) is 20.6. The lowest BCUT2D eigenvalue weighted by molar-refractivity contribution is 0.0730. The van der Waals surface area contributed by atoms with Gasteiger partial charge in [0.15, 0.2) is 0 Å². The lowest BCUT2D eigenvalue weighted by atomic mass is 10.1. The van der Waals surface area contributed by atoms with Gasteiger partial charge < -0.3 is 4.74 Å². The molecular weight excluding hydrogens is 436 g/mol. The highest BCUT2D eigenvalue weighted by Crippen LogP contribution is 2.30. The van der Waals surface area contributed by atoms with Gasteiger partial charge in [-0.2, -0.15) is 4.31 Å². The number of sulfonamides is 2. The topological polar surface area (TPSA) is 92.8 Å². The summed E-state index contributed by atoms with van der Waals surface area (Å²) >= 11 is 6.14. The van der Waals surface area contributed by atoms with E-state index in [1.165, 1.54) is 28.1 Å². The number of halogens is 1. The van der Waals surface area contributed by atoms with Gasteiger partial charge in [-0.05, 0) is 60.7 Å². The van der Waals surface area contributed by atoms with E-state index in [0.29, 0.717) is 13.2 Å². The summed E-state index contributed by atoms with van der Waals surface area (Å²) in [6, 6.07) is 9.20. The van der Waals surface area contributed by atoms with Gasteiger partial charge >= 0.3 is 0 Å². The van der Waals surface area contributed by atoms with E-state index in [1.807, 2.05) is 6.07 Å². The third-order valence-electron chi connectivity index (χ3n) is 5.15. The zero-order valence-corrected chi connectivity index (χ0v) is 18.0. The molecule has 0 amide bonds. The molecule has 1 saturated heterocycles. The van der Waals surface area contributed by atoms with E-state index in [0.717, 1.165) is 24.8 Å². The number of rotatable bonds is 5. The Morgan fingerprint density at radius 2 is 1.66 bits per heavy atom. The number of benzene rings is 2. The lowest BCUT2D eigenvalue weighted by Crippen LogP contribution is -2.40. The normalized spacial score (nSPS) is 17.8. The molecule has 10 heteroatoms. The Hall–Kier alpha value is -1.65. The Kier molecular flexibility index (Phi) is 5.60. The van der Waals surface area contributed by atoms with E-state index in [-0.39, 0.29) is 33.6 Å². The molecule has 0 radical (unpaired) electrons. The smallest absolute Gasteiger partial charge is 0.261 e. The lowest BCUT2D eigenvalue weighted by Gasteiger charge is -2.26. The van der Waals surface area contributed by atoms with Crippen LogP contribution < -0.4 is 4.72 Å². The third-order valence-corrected chi connectivity index (χ3v) is 8.91. The summed E-state index contributed by atoms with van der Waals surface area (Å²) in [7, 11) is -7.71. The molecule has 0 atom stereocenters. The van der Waals surface area contributed by atoms with Crippen molar-refractivity contribution < 1.29 is 21.6 Å². The molecule has 2 aromatic rings. The molecule has 156 valence electrons. The van der Waals surface area contributed by atoms with Gasteiger partial charge in [-0.15, -0.1) is 0 Å². The molecule has 1 aliphatic carbocycles. The second kappa shape index (κ2) is 7.88. The molecule has 7 nitrogen and oxygen atoms in total. The van der Waals surface area contributed by atoms with Crippen LogP contribution in [0.15, 0.2) is 46.2 Å². The maximum absolute atomic E-state index is 12.9. The maximum atomic E-state index is 12.9. The van der Waals surface area contributed by atoms with Crippen molar-refractivity contribution in [3.63, 3.8) is 0 Å². The van der Waals surface area contributed by atoms with Crippen LogP contribution in [0.1, 0.15) is 17.5 Å². The minimum atomic E-state index is -3.86. The van der Waals surface area contributed by atoms with Crippen molar-refractivity contribution in [1.29, 1.82) is 0 Å². The second-order valence-corrected chi connectivity index (χ2v) is 11.0. The van der Waals surface area contributed by atoms with Gasteiger partial charge in [0.2, 0.25) is 10.0 Å². The Labute approximate surface area is 175 Å². The molecule has 1 heterocycles. The van der Waals surface area contributed by atoms with Crippen LogP contribution in [0, 0.1) is 0 Å². The quantitative estimate of drug-likeness (QED) is 0.746. The van der Waals surface area contributed by atoms with Crippen molar-refractivity contribution in [2.45, 2.75) is 29.1 Å². The molecule has 0 aromatic heterocycles. The molecule has 2 aliphatic rings. The fourth-order valence-electron chi connectivity index (χ4n) is 3.62. The molecule has 4 rings (SSSR count). The second-order valence-electron chi connectivity index (χ2n) is 7.05. The summed E-state index contributed by atoms with van der Waals surface area (Å²) in [6.07, 6.45) is 2.84. The standard InChI is InChI=1S/C19H21ClN2O5S2/c20-18-7-5-16(13-19(18)29(25,26)22-8-10-27-11-9-22)21-28(23,24)17-6-4-14-2-1-3-15(14)12-17/h4-7,12-13,21H,1-3,8-11H2. The molecule has 0 saturated carbocycles. The zero-order valence-electron chi connectivity index (χ0n) is 15.6. The average Bonchev–Trinajstić information content (AvgIpc) is 3.18. The van der Waals surface area contributed by atoms with Crippen LogP contribution in [-0.4, -0.2) is 47.4 Å². The van der Waals surface area contributed by atoms with Crippen molar-refractivity contribution in [3.8, 4) is 0 Å². The molecule has 0 spiro atoms. The summed E-state index contributed by atoms with van der Waals surface area (Å²) in [5, 5.41) is 0.0389. The van der Waals surface area contributed by atoms with E-state index in [4.69, 9.17) is 16.3 Å². The first-order valence-electron chi connectivity index (χ1n) is 9.29. The Balaban J connectivity index is 1.63. The van der Waals surface area contributed by atoms with Crippen molar-refractivity contribution in [1.82, 2.24) is 4.31 Å². The molecule has 0 unspecified atom stereocenters. The molecule has 1 fully saturated rings. The fraction of sp³-hybridized carbons (Fsp3) is 0.368. The van der Waals surface area contributed by atoms with E-state index in [1.54, 1.807) is 12.1 Å². The Morgan fingerprint density at radius 3 is 2.41 bits per heavy atom. The first-order chi connectivity index (χ1) is 13.8. The fourth-order valence-corrected chi connectivity index (χ4v) is 6.63. The highest BCUT2D eigenvalue weighted by Gasteiger charge is 2.29. The summed E-state index contributed by atoms with van der Waals surface area (Å²) in [6.45, 7) is 1.07. The molecule has 1 aliphatic heterocycles. The minimum Gasteiger partial charge on any atom is -0.379 e. The van der Waals surface area contributed by atoms with E-state index in [2.05, 4.69) is 4.72 Å². The largest absolute Gasteiger partial charge is 0.379 e. The van der Waals surface area contributed by atoms with Crippen LogP contribution in [0.25, 0.3) is 0 Å². The number of nitrogens with zero attached hydrogens (tertiary/aromatic N) is 1. The van der Waals surface area contributed by atoms with Gasteiger partial charge in [0.25, 0.3) is 10.0 Å². The van der Waals surface area contributed by atoms with Crippen molar-refractivity contribution in [2.24, 2.45) is 0 Å². The van der Waals surface area contributed by atoms with Gasteiger partial charge in [0, 0.05) is 13.1 Å². The number of anilines is 1. The number of nitrogens with one attached hydrogen (secondary N) is 1. The minimum absolute atomic E-state index is 0.0389. The van der Waals surface area contributed by atoms with Crippen molar-refractivity contribution in [3.05, 3.63) is 52.5 Å². The van der Waals surface area contributed by atoms with Crippen LogP contribution in [0.4, 0.5) is 5.69 Å². The number of hydrogen-bond acceptors (Lipinski definition) is 5. The molecule has 29 heavy (non-hydrogen) atoms. The molecule has 2 aromatic carbocycles. The first-order valence-corrected chi connectivity index (χ1v) is 12.6. The van der Waals surface area contributed by atoms with Gasteiger partial charge in [0.1, 0.15) is 4.90 Å². The van der Waals surface area contributed by atoms with Gasteiger partial charge in [-0.1, -0.05) is 17.7 Å². The highest BCUT2D eigenvalue weighted by atomic mass is 35.5. The predicted octanol–water partition coefficient (Wildman–Crippen LogP) is 2.65. The Morgan fingerprint density at radius 1 is 0.931 bits per heavy atom. The summed E-state index contributed by atoms with van der Waals surface area (Å²) < 4.78 is 60.5. The van der Waals surface area contributed by atoms with E-state index >= 15 is 0 Å². The van der Waals surface area contributed by atoms with Crippen molar-refractivity contribution in [2.75, 3.05) is 31.0 Å². The maximum Gasteiger partial charge on any atom is 0.261 e.